The molecule has 0 spiro atoms. The molecule has 29 heavy (non-hydrogen) atoms. The second-order valence-electron chi connectivity index (χ2n) is 6.61. The number of fused-ring (bicyclic) bond motifs is 1. The first-order valence-corrected chi connectivity index (χ1v) is 9.05. The van der Waals surface area contributed by atoms with Gasteiger partial charge in [-0.2, -0.15) is 10.2 Å². The minimum atomic E-state index is -0.827. The molecule has 2 aromatic carbocycles. The molecule has 0 saturated heterocycles. The van der Waals surface area contributed by atoms with E-state index in [1.165, 1.54) is 4.68 Å². The lowest BCUT2D eigenvalue weighted by molar-refractivity contribution is 0.0951. The maximum atomic E-state index is 14.6. The number of carbonyl (C=O) groups excluding carboxylic acids is 1. The third-order valence-corrected chi connectivity index (χ3v) is 4.60. The highest BCUT2D eigenvalue weighted by Crippen LogP contribution is 2.24. The van der Waals surface area contributed by atoms with Crippen LogP contribution in [0, 0.1) is 11.6 Å². The monoisotopic (exact) mass is 396 g/mol. The van der Waals surface area contributed by atoms with E-state index in [0.29, 0.717) is 18.8 Å². The number of nitrogens with one attached hydrogen (secondary N) is 2. The Kier molecular flexibility index (Phi) is 4.79. The quantitative estimate of drug-likeness (QED) is 0.543. The molecule has 0 radical (unpaired) electrons. The maximum absolute atomic E-state index is 14.6. The van der Waals surface area contributed by atoms with Crippen LogP contribution in [0.1, 0.15) is 28.7 Å². The standard InChI is InChI=1S/C20H18F2N6O/c1-3-23-20(29)14-9-15(21)13(8-16(14)22)19-25-18(28(2)27-19)7-11-4-5-17-12(6-11)10-24-26-17/h4-6,8-10H,3,7H2,1-2H3,(H,23,29)(H,24,26). The van der Waals surface area contributed by atoms with Gasteiger partial charge in [-0.05, 0) is 36.8 Å². The molecule has 2 aromatic heterocycles. The zero-order valence-electron chi connectivity index (χ0n) is 15.8. The third-order valence-electron chi connectivity index (χ3n) is 4.60. The average molecular weight is 396 g/mol. The van der Waals surface area contributed by atoms with Crippen molar-refractivity contribution >= 4 is 16.8 Å². The fourth-order valence-electron chi connectivity index (χ4n) is 3.12. The number of hydrogen-bond donors (Lipinski definition) is 2. The van der Waals surface area contributed by atoms with E-state index in [0.717, 1.165) is 28.6 Å². The smallest absolute Gasteiger partial charge is 0.254 e. The zero-order chi connectivity index (χ0) is 20.5. The van der Waals surface area contributed by atoms with Gasteiger partial charge >= 0.3 is 0 Å². The van der Waals surface area contributed by atoms with Crippen molar-refractivity contribution in [2.24, 2.45) is 7.05 Å². The van der Waals surface area contributed by atoms with Crippen molar-refractivity contribution in [2.45, 2.75) is 13.3 Å². The summed E-state index contributed by atoms with van der Waals surface area (Å²) < 4.78 is 30.5. The van der Waals surface area contributed by atoms with Crippen LogP contribution < -0.4 is 5.32 Å². The van der Waals surface area contributed by atoms with Crippen LogP contribution >= 0.6 is 0 Å². The van der Waals surface area contributed by atoms with E-state index in [9.17, 15) is 13.6 Å². The van der Waals surface area contributed by atoms with E-state index in [-0.39, 0.29) is 17.0 Å². The minimum Gasteiger partial charge on any atom is -0.352 e. The fourth-order valence-corrected chi connectivity index (χ4v) is 3.12. The van der Waals surface area contributed by atoms with Crippen LogP contribution in [-0.2, 0) is 13.5 Å². The first-order valence-electron chi connectivity index (χ1n) is 9.05. The van der Waals surface area contributed by atoms with E-state index in [2.05, 4.69) is 25.6 Å². The predicted octanol–water partition coefficient (Wildman–Crippen LogP) is 2.98. The largest absolute Gasteiger partial charge is 0.352 e. The first kappa shape index (κ1) is 18.7. The number of halogens is 2. The van der Waals surface area contributed by atoms with E-state index in [1.54, 1.807) is 20.2 Å². The maximum Gasteiger partial charge on any atom is 0.254 e. The molecule has 0 aliphatic carbocycles. The van der Waals surface area contributed by atoms with Gasteiger partial charge in [-0.25, -0.2) is 13.8 Å². The van der Waals surface area contributed by atoms with Crippen LogP contribution in [0.15, 0.2) is 36.5 Å². The molecule has 0 aliphatic rings. The molecule has 0 fully saturated rings. The fraction of sp³-hybridized carbons (Fsp3) is 0.200. The summed E-state index contributed by atoms with van der Waals surface area (Å²) in [5, 5.41) is 14.5. The van der Waals surface area contributed by atoms with Crippen LogP contribution in [0.4, 0.5) is 8.78 Å². The lowest BCUT2D eigenvalue weighted by atomic mass is 10.1. The molecule has 7 nitrogen and oxygen atoms in total. The lowest BCUT2D eigenvalue weighted by Gasteiger charge is -2.06. The number of amides is 1. The number of aromatic amines is 1. The molecule has 0 atom stereocenters. The van der Waals surface area contributed by atoms with Crippen molar-refractivity contribution in [1.29, 1.82) is 0 Å². The molecule has 148 valence electrons. The number of aryl methyl sites for hydroxylation is 1. The summed E-state index contributed by atoms with van der Waals surface area (Å²) in [5.74, 6) is -1.60. The first-order chi connectivity index (χ1) is 14.0. The van der Waals surface area contributed by atoms with E-state index < -0.39 is 17.5 Å². The molecule has 4 rings (SSSR count). The average Bonchev–Trinajstić information content (AvgIpc) is 3.30. The number of H-pyrrole nitrogens is 1. The molecule has 4 aromatic rings. The van der Waals surface area contributed by atoms with Crippen LogP contribution in [0.3, 0.4) is 0 Å². The van der Waals surface area contributed by atoms with Gasteiger partial charge in [0.1, 0.15) is 17.5 Å². The number of carbonyl (C=O) groups is 1. The van der Waals surface area contributed by atoms with E-state index in [1.807, 2.05) is 18.2 Å². The summed E-state index contributed by atoms with van der Waals surface area (Å²) in [6.07, 6.45) is 2.20. The number of nitrogens with zero attached hydrogens (tertiary/aromatic N) is 4. The molecular formula is C20H18F2N6O. The molecule has 9 heteroatoms. The van der Waals surface area contributed by atoms with Gasteiger partial charge in [-0.3, -0.25) is 14.6 Å². The second-order valence-corrected chi connectivity index (χ2v) is 6.61. The molecular weight excluding hydrogens is 378 g/mol. The number of rotatable bonds is 5. The van der Waals surface area contributed by atoms with Gasteiger partial charge in [0, 0.05) is 25.4 Å². The third kappa shape index (κ3) is 3.58. The van der Waals surface area contributed by atoms with Gasteiger partial charge in [0.2, 0.25) is 0 Å². The Balaban J connectivity index is 1.65. The molecule has 2 N–H and O–H groups in total. The lowest BCUT2D eigenvalue weighted by Crippen LogP contribution is -2.24. The minimum absolute atomic E-state index is 0.0609. The number of hydrogen-bond acceptors (Lipinski definition) is 4. The number of benzene rings is 2. The van der Waals surface area contributed by atoms with Crippen molar-refractivity contribution in [3.8, 4) is 11.4 Å². The van der Waals surface area contributed by atoms with Crippen molar-refractivity contribution < 1.29 is 13.6 Å². The van der Waals surface area contributed by atoms with Crippen molar-refractivity contribution in [3.05, 3.63) is 65.1 Å². The van der Waals surface area contributed by atoms with E-state index in [4.69, 9.17) is 0 Å². The van der Waals surface area contributed by atoms with Crippen molar-refractivity contribution in [1.82, 2.24) is 30.3 Å². The Hall–Kier alpha value is -3.62. The SMILES string of the molecule is CCNC(=O)c1cc(F)c(-c2nc(Cc3ccc4[nH]ncc4c3)n(C)n2)cc1F. The molecule has 1 amide bonds. The van der Waals surface area contributed by atoms with Gasteiger partial charge < -0.3 is 5.32 Å². The Morgan fingerprint density at radius 2 is 2.03 bits per heavy atom. The van der Waals surface area contributed by atoms with Crippen LogP contribution in [0.5, 0.6) is 0 Å². The Morgan fingerprint density at radius 1 is 1.21 bits per heavy atom. The Labute approximate surface area is 164 Å². The highest BCUT2D eigenvalue weighted by Gasteiger charge is 2.20. The zero-order valence-corrected chi connectivity index (χ0v) is 15.8. The Morgan fingerprint density at radius 3 is 2.83 bits per heavy atom. The van der Waals surface area contributed by atoms with Gasteiger partial charge in [0.05, 0.1) is 22.8 Å². The Bertz CT molecular complexity index is 1210. The predicted molar refractivity (Wildman–Crippen MR) is 103 cm³/mol. The normalized spacial score (nSPS) is 11.2. The van der Waals surface area contributed by atoms with Gasteiger partial charge in [-0.1, -0.05) is 6.07 Å². The molecule has 0 bridgehead atoms. The van der Waals surface area contributed by atoms with Crippen LogP contribution in [0.2, 0.25) is 0 Å². The van der Waals surface area contributed by atoms with Crippen LogP contribution in [-0.4, -0.2) is 37.4 Å². The summed E-state index contributed by atoms with van der Waals surface area (Å²) in [4.78, 5) is 16.2. The number of aromatic nitrogens is 5. The topological polar surface area (TPSA) is 88.5 Å². The summed E-state index contributed by atoms with van der Waals surface area (Å²) in [5.41, 5.74) is 1.47. The summed E-state index contributed by atoms with van der Waals surface area (Å²) in [6.45, 7) is 2.02. The van der Waals surface area contributed by atoms with Crippen LogP contribution in [0.25, 0.3) is 22.3 Å². The van der Waals surface area contributed by atoms with Gasteiger partial charge in [0.15, 0.2) is 5.82 Å². The van der Waals surface area contributed by atoms with E-state index >= 15 is 0 Å². The summed E-state index contributed by atoms with van der Waals surface area (Å²) in [6, 6.07) is 7.67. The highest BCUT2D eigenvalue weighted by atomic mass is 19.1. The molecule has 0 saturated carbocycles. The van der Waals surface area contributed by atoms with Crippen molar-refractivity contribution in [3.63, 3.8) is 0 Å². The summed E-state index contributed by atoms with van der Waals surface area (Å²) >= 11 is 0. The van der Waals surface area contributed by atoms with Gasteiger partial charge in [-0.15, -0.1) is 0 Å². The molecule has 0 unspecified atom stereocenters. The molecule has 0 aliphatic heterocycles. The molecule has 2 heterocycles. The summed E-state index contributed by atoms with van der Waals surface area (Å²) in [7, 11) is 1.69. The second kappa shape index (κ2) is 7.42. The van der Waals surface area contributed by atoms with Crippen molar-refractivity contribution in [2.75, 3.05) is 6.54 Å². The van der Waals surface area contributed by atoms with Gasteiger partial charge in [0.25, 0.3) is 5.91 Å². The highest BCUT2D eigenvalue weighted by molar-refractivity contribution is 5.95.